The van der Waals surface area contributed by atoms with Crippen molar-refractivity contribution in [1.82, 2.24) is 10.2 Å². The number of fused-ring (bicyclic) bond motifs is 1. The summed E-state index contributed by atoms with van der Waals surface area (Å²) >= 11 is 0. The highest BCUT2D eigenvalue weighted by Gasteiger charge is 2.18. The number of aromatic amines is 1. The molecule has 4 rings (SSSR count). The van der Waals surface area contributed by atoms with E-state index in [9.17, 15) is 9.59 Å². The minimum absolute atomic E-state index is 0.0646. The van der Waals surface area contributed by atoms with Crippen molar-refractivity contribution in [2.75, 3.05) is 5.32 Å². The number of aromatic nitrogens is 2. The number of rotatable bonds is 4. The van der Waals surface area contributed by atoms with E-state index in [1.807, 2.05) is 31.2 Å². The molecule has 0 fully saturated rings. The van der Waals surface area contributed by atoms with Crippen molar-refractivity contribution in [3.8, 4) is 0 Å². The van der Waals surface area contributed by atoms with Gasteiger partial charge in [0.2, 0.25) is 0 Å². The Bertz CT molecular complexity index is 1090. The maximum Gasteiger partial charge on any atom is 0.267 e. The van der Waals surface area contributed by atoms with E-state index < -0.39 is 0 Å². The molecule has 0 bridgehead atoms. The quantitative estimate of drug-likeness (QED) is 0.726. The molecule has 2 heterocycles. The zero-order valence-corrected chi connectivity index (χ0v) is 16.1. The highest BCUT2D eigenvalue weighted by Crippen LogP contribution is 2.23. The fourth-order valence-electron chi connectivity index (χ4n) is 3.88. The first-order valence-electron chi connectivity index (χ1n) is 9.58. The first-order valence-corrected chi connectivity index (χ1v) is 9.58. The zero-order chi connectivity index (χ0) is 19.7. The number of hydrogen-bond donors (Lipinski definition) is 2. The second kappa shape index (κ2) is 7.46. The number of amides is 1. The number of hydrogen-bond acceptors (Lipinski definition) is 4. The SMILES string of the molecule is Cc1cc(C(=O)Nc2cccc(Cc3n[nH]c(=O)c4c3CCCC4)c2)c(C)o1. The highest BCUT2D eigenvalue weighted by atomic mass is 16.3. The third-order valence-corrected chi connectivity index (χ3v) is 5.22. The highest BCUT2D eigenvalue weighted by molar-refractivity contribution is 6.05. The smallest absolute Gasteiger partial charge is 0.267 e. The summed E-state index contributed by atoms with van der Waals surface area (Å²) in [5.74, 6) is 1.13. The van der Waals surface area contributed by atoms with Gasteiger partial charge in [-0.1, -0.05) is 12.1 Å². The largest absolute Gasteiger partial charge is 0.466 e. The molecule has 6 nitrogen and oxygen atoms in total. The van der Waals surface area contributed by atoms with Gasteiger partial charge in [0.05, 0.1) is 11.3 Å². The molecule has 1 aliphatic carbocycles. The number of nitrogens with one attached hydrogen (secondary N) is 2. The average Bonchev–Trinajstić information content (AvgIpc) is 3.03. The minimum atomic E-state index is -0.189. The number of benzene rings is 1. The molecule has 0 saturated carbocycles. The van der Waals surface area contributed by atoms with Crippen LogP contribution in [-0.2, 0) is 19.3 Å². The van der Waals surface area contributed by atoms with Crippen LogP contribution in [0, 0.1) is 13.8 Å². The van der Waals surface area contributed by atoms with E-state index in [0.29, 0.717) is 23.5 Å². The summed E-state index contributed by atoms with van der Waals surface area (Å²) < 4.78 is 5.44. The lowest BCUT2D eigenvalue weighted by Gasteiger charge is -2.17. The molecule has 0 atom stereocenters. The van der Waals surface area contributed by atoms with Crippen LogP contribution in [0.3, 0.4) is 0 Å². The predicted octanol–water partition coefficient (Wildman–Crippen LogP) is 3.70. The van der Waals surface area contributed by atoms with Crippen molar-refractivity contribution in [2.45, 2.75) is 46.0 Å². The summed E-state index contributed by atoms with van der Waals surface area (Å²) in [6, 6.07) is 9.47. The van der Waals surface area contributed by atoms with Crippen molar-refractivity contribution < 1.29 is 9.21 Å². The average molecular weight is 377 g/mol. The molecule has 0 spiro atoms. The molecule has 1 aliphatic rings. The number of anilines is 1. The van der Waals surface area contributed by atoms with E-state index in [2.05, 4.69) is 15.5 Å². The number of furan rings is 1. The molecule has 6 heteroatoms. The van der Waals surface area contributed by atoms with Gasteiger partial charge in [-0.05, 0) is 68.9 Å². The molecule has 28 heavy (non-hydrogen) atoms. The third-order valence-electron chi connectivity index (χ3n) is 5.22. The van der Waals surface area contributed by atoms with Crippen LogP contribution in [0.1, 0.15) is 57.1 Å². The minimum Gasteiger partial charge on any atom is -0.466 e. The molecular weight excluding hydrogens is 354 g/mol. The van der Waals surface area contributed by atoms with Crippen LogP contribution >= 0.6 is 0 Å². The number of H-pyrrole nitrogens is 1. The molecule has 0 radical (unpaired) electrons. The molecular formula is C22H23N3O3. The fourth-order valence-corrected chi connectivity index (χ4v) is 3.88. The number of carbonyl (C=O) groups is 1. The molecule has 2 aromatic heterocycles. The number of nitrogens with zero attached hydrogens (tertiary/aromatic N) is 1. The topological polar surface area (TPSA) is 88.0 Å². The van der Waals surface area contributed by atoms with Gasteiger partial charge in [-0.15, -0.1) is 0 Å². The number of aryl methyl sites for hydroxylation is 2. The van der Waals surface area contributed by atoms with Crippen LogP contribution in [0.5, 0.6) is 0 Å². The Morgan fingerprint density at radius 3 is 2.71 bits per heavy atom. The maximum absolute atomic E-state index is 12.5. The Balaban J connectivity index is 1.56. The zero-order valence-electron chi connectivity index (χ0n) is 16.1. The molecule has 2 N–H and O–H groups in total. The molecule has 144 valence electrons. The molecule has 1 amide bonds. The summed E-state index contributed by atoms with van der Waals surface area (Å²) in [7, 11) is 0. The van der Waals surface area contributed by atoms with Gasteiger partial charge in [0, 0.05) is 17.7 Å². The van der Waals surface area contributed by atoms with Gasteiger partial charge in [0.15, 0.2) is 0 Å². The third kappa shape index (κ3) is 3.63. The Hall–Kier alpha value is -3.15. The van der Waals surface area contributed by atoms with Gasteiger partial charge in [0.1, 0.15) is 11.5 Å². The molecule has 0 saturated heterocycles. The molecule has 1 aromatic carbocycles. The van der Waals surface area contributed by atoms with Crippen molar-refractivity contribution in [3.63, 3.8) is 0 Å². The van der Waals surface area contributed by atoms with Crippen LogP contribution in [0.25, 0.3) is 0 Å². The van der Waals surface area contributed by atoms with Crippen LogP contribution in [0.2, 0.25) is 0 Å². The molecule has 0 unspecified atom stereocenters. The monoisotopic (exact) mass is 377 g/mol. The summed E-state index contributed by atoms with van der Waals surface area (Å²) in [5, 5.41) is 9.87. The van der Waals surface area contributed by atoms with Crippen LogP contribution in [-0.4, -0.2) is 16.1 Å². The van der Waals surface area contributed by atoms with Gasteiger partial charge >= 0.3 is 0 Å². The lowest BCUT2D eigenvalue weighted by Crippen LogP contribution is -2.23. The Kier molecular flexibility index (Phi) is 4.86. The summed E-state index contributed by atoms with van der Waals surface area (Å²) in [5.41, 5.74) is 5.12. The van der Waals surface area contributed by atoms with Crippen molar-refractivity contribution in [1.29, 1.82) is 0 Å². The predicted molar refractivity (Wildman–Crippen MR) is 107 cm³/mol. The van der Waals surface area contributed by atoms with Gasteiger partial charge in [0.25, 0.3) is 11.5 Å². The first kappa shape index (κ1) is 18.2. The van der Waals surface area contributed by atoms with Crippen LogP contribution < -0.4 is 10.9 Å². The second-order valence-corrected chi connectivity index (χ2v) is 7.32. The van der Waals surface area contributed by atoms with Crippen molar-refractivity contribution in [2.24, 2.45) is 0 Å². The summed E-state index contributed by atoms with van der Waals surface area (Å²) in [4.78, 5) is 24.6. The lowest BCUT2D eigenvalue weighted by molar-refractivity contribution is 0.102. The maximum atomic E-state index is 12.5. The van der Waals surface area contributed by atoms with Crippen LogP contribution in [0.15, 0.2) is 39.5 Å². The normalized spacial score (nSPS) is 13.2. The van der Waals surface area contributed by atoms with Gasteiger partial charge in [-0.25, -0.2) is 5.10 Å². The Morgan fingerprint density at radius 1 is 1.18 bits per heavy atom. The van der Waals surface area contributed by atoms with E-state index >= 15 is 0 Å². The number of carbonyl (C=O) groups excluding carboxylic acids is 1. The lowest BCUT2D eigenvalue weighted by atomic mass is 9.90. The fraction of sp³-hybridized carbons (Fsp3) is 0.318. The van der Waals surface area contributed by atoms with Crippen LogP contribution in [0.4, 0.5) is 5.69 Å². The van der Waals surface area contributed by atoms with E-state index in [-0.39, 0.29) is 11.5 Å². The van der Waals surface area contributed by atoms with Gasteiger partial charge < -0.3 is 9.73 Å². The van der Waals surface area contributed by atoms with E-state index in [0.717, 1.165) is 53.8 Å². The summed E-state index contributed by atoms with van der Waals surface area (Å²) in [6.45, 7) is 3.60. The second-order valence-electron chi connectivity index (χ2n) is 7.32. The summed E-state index contributed by atoms with van der Waals surface area (Å²) in [6.07, 6.45) is 4.47. The van der Waals surface area contributed by atoms with E-state index in [1.54, 1.807) is 13.0 Å². The van der Waals surface area contributed by atoms with E-state index in [1.165, 1.54) is 0 Å². The van der Waals surface area contributed by atoms with Crippen molar-refractivity contribution in [3.05, 3.63) is 80.2 Å². The Morgan fingerprint density at radius 2 is 1.96 bits per heavy atom. The molecule has 0 aliphatic heterocycles. The standard InChI is InChI=1S/C22H23N3O3/c1-13-10-19(14(2)28-13)21(26)23-16-7-5-6-15(11-16)12-20-17-8-3-4-9-18(17)22(27)25-24-20/h5-7,10-11H,3-4,8-9,12H2,1-2H3,(H,23,26)(H,25,27). The van der Waals surface area contributed by atoms with Gasteiger partial charge in [-0.3, -0.25) is 9.59 Å². The first-order chi connectivity index (χ1) is 13.5. The Labute approximate surface area is 163 Å². The van der Waals surface area contributed by atoms with Crippen molar-refractivity contribution >= 4 is 11.6 Å². The van der Waals surface area contributed by atoms with Gasteiger partial charge in [-0.2, -0.15) is 5.10 Å². The molecule has 3 aromatic rings. The van der Waals surface area contributed by atoms with E-state index in [4.69, 9.17) is 4.42 Å².